The molecule has 16 heavy (non-hydrogen) atoms. The number of aliphatic hydroxyl groups excluding tert-OH is 1. The smallest absolute Gasteiger partial charge is 0.0593 e. The van der Waals surface area contributed by atoms with Crippen LogP contribution in [0.3, 0.4) is 0 Å². The molecule has 0 radical (unpaired) electrons. The molecule has 0 unspecified atom stereocenters. The molecule has 0 aromatic carbocycles. The monoisotopic (exact) mass is 267 g/mol. The number of ether oxygens (including phenoxy) is 1. The standard InChI is InChI=1S/C11H25NO2S2/c1-3-5-12(4-2)6-8-14-9-11-16-15-10-7-13/h13H,3-11H2,1-2H3. The maximum atomic E-state index is 8.57. The Bertz CT molecular complexity index is 139. The van der Waals surface area contributed by atoms with E-state index in [0.717, 1.165) is 37.8 Å². The van der Waals surface area contributed by atoms with Crippen LogP contribution in [0.15, 0.2) is 0 Å². The summed E-state index contributed by atoms with van der Waals surface area (Å²) in [6.45, 7) is 9.63. The third-order valence-corrected chi connectivity index (χ3v) is 4.46. The molecule has 0 rings (SSSR count). The van der Waals surface area contributed by atoms with E-state index in [4.69, 9.17) is 9.84 Å². The first-order valence-electron chi connectivity index (χ1n) is 6.00. The molecule has 0 aliphatic heterocycles. The summed E-state index contributed by atoms with van der Waals surface area (Å²) >= 11 is 0. The van der Waals surface area contributed by atoms with E-state index in [0.29, 0.717) is 0 Å². The minimum Gasteiger partial charge on any atom is -0.395 e. The molecular formula is C11H25NO2S2. The van der Waals surface area contributed by atoms with Gasteiger partial charge in [0, 0.05) is 18.1 Å². The molecule has 0 atom stereocenters. The molecule has 0 aromatic rings. The second-order valence-electron chi connectivity index (χ2n) is 3.41. The van der Waals surface area contributed by atoms with Gasteiger partial charge in [0.25, 0.3) is 0 Å². The van der Waals surface area contributed by atoms with Crippen molar-refractivity contribution in [2.45, 2.75) is 20.3 Å². The lowest BCUT2D eigenvalue weighted by atomic mass is 10.4. The van der Waals surface area contributed by atoms with Crippen molar-refractivity contribution in [1.29, 1.82) is 0 Å². The van der Waals surface area contributed by atoms with E-state index < -0.39 is 0 Å². The van der Waals surface area contributed by atoms with Crippen LogP contribution in [-0.2, 0) is 4.74 Å². The predicted octanol–water partition coefficient (Wildman–Crippen LogP) is 2.11. The maximum absolute atomic E-state index is 8.57. The van der Waals surface area contributed by atoms with Crippen LogP contribution in [0.1, 0.15) is 20.3 Å². The fourth-order valence-electron chi connectivity index (χ4n) is 1.29. The Morgan fingerprint density at radius 3 is 2.44 bits per heavy atom. The van der Waals surface area contributed by atoms with Gasteiger partial charge < -0.3 is 14.7 Å². The Morgan fingerprint density at radius 2 is 1.81 bits per heavy atom. The van der Waals surface area contributed by atoms with Crippen LogP contribution in [0, 0.1) is 0 Å². The van der Waals surface area contributed by atoms with Gasteiger partial charge in [-0.05, 0) is 19.5 Å². The highest BCUT2D eigenvalue weighted by Gasteiger charge is 1.99. The number of aliphatic hydroxyl groups is 1. The van der Waals surface area contributed by atoms with Crippen molar-refractivity contribution >= 4 is 21.6 Å². The lowest BCUT2D eigenvalue weighted by Gasteiger charge is -2.19. The van der Waals surface area contributed by atoms with E-state index in [2.05, 4.69) is 18.7 Å². The lowest BCUT2D eigenvalue weighted by molar-refractivity contribution is 0.117. The molecule has 1 N–H and O–H groups in total. The lowest BCUT2D eigenvalue weighted by Crippen LogP contribution is -2.28. The quantitative estimate of drug-likeness (QED) is 0.432. The van der Waals surface area contributed by atoms with Gasteiger partial charge in [-0.1, -0.05) is 35.4 Å². The van der Waals surface area contributed by atoms with E-state index in [1.807, 2.05) is 0 Å². The first-order chi connectivity index (χ1) is 7.85. The van der Waals surface area contributed by atoms with Crippen LogP contribution in [0.25, 0.3) is 0 Å². The Labute approximate surface area is 108 Å². The van der Waals surface area contributed by atoms with Crippen LogP contribution in [0.2, 0.25) is 0 Å². The fourth-order valence-corrected chi connectivity index (χ4v) is 2.92. The van der Waals surface area contributed by atoms with Gasteiger partial charge in [0.2, 0.25) is 0 Å². The molecule has 0 fully saturated rings. The molecule has 98 valence electrons. The molecular weight excluding hydrogens is 242 g/mol. The van der Waals surface area contributed by atoms with Gasteiger partial charge >= 0.3 is 0 Å². The minimum absolute atomic E-state index is 0.265. The molecule has 0 bridgehead atoms. The maximum Gasteiger partial charge on any atom is 0.0593 e. The molecule has 5 heteroatoms. The van der Waals surface area contributed by atoms with Crippen molar-refractivity contribution in [3.63, 3.8) is 0 Å². The highest BCUT2D eigenvalue weighted by Crippen LogP contribution is 2.19. The van der Waals surface area contributed by atoms with Gasteiger partial charge in [0.1, 0.15) is 0 Å². The number of hydrogen-bond acceptors (Lipinski definition) is 5. The number of rotatable bonds is 12. The van der Waals surface area contributed by atoms with E-state index in [1.54, 1.807) is 21.6 Å². The normalized spacial score (nSPS) is 11.2. The summed E-state index contributed by atoms with van der Waals surface area (Å²) in [4.78, 5) is 2.41. The summed E-state index contributed by atoms with van der Waals surface area (Å²) in [6.07, 6.45) is 1.21. The minimum atomic E-state index is 0.265. The molecule has 3 nitrogen and oxygen atoms in total. The Morgan fingerprint density at radius 1 is 1.06 bits per heavy atom. The largest absolute Gasteiger partial charge is 0.395 e. The number of likely N-dealkylation sites (N-methyl/N-ethyl adjacent to an activating group) is 1. The van der Waals surface area contributed by atoms with Gasteiger partial charge in [0.05, 0.1) is 19.8 Å². The van der Waals surface area contributed by atoms with Crippen LogP contribution < -0.4 is 0 Å². The zero-order valence-corrected chi connectivity index (χ0v) is 12.1. The Hall–Kier alpha value is 0.580. The van der Waals surface area contributed by atoms with Crippen LogP contribution in [-0.4, -0.2) is 61.0 Å². The third-order valence-electron chi connectivity index (χ3n) is 2.11. The van der Waals surface area contributed by atoms with E-state index in [1.165, 1.54) is 13.0 Å². The fraction of sp³-hybridized carbons (Fsp3) is 1.00. The number of hydrogen-bond donors (Lipinski definition) is 1. The molecule has 0 aliphatic carbocycles. The second kappa shape index (κ2) is 13.6. The van der Waals surface area contributed by atoms with E-state index >= 15 is 0 Å². The molecule has 0 amide bonds. The van der Waals surface area contributed by atoms with Crippen molar-refractivity contribution in [2.75, 3.05) is 51.0 Å². The summed E-state index contributed by atoms with van der Waals surface area (Å²) in [5, 5.41) is 8.57. The molecule has 0 saturated heterocycles. The second-order valence-corrected chi connectivity index (χ2v) is 6.12. The summed E-state index contributed by atoms with van der Waals surface area (Å²) in [6, 6.07) is 0. The molecule has 0 aromatic heterocycles. The SMILES string of the molecule is CCCN(CC)CCOCCSSCCO. The van der Waals surface area contributed by atoms with Crippen LogP contribution in [0.4, 0.5) is 0 Å². The van der Waals surface area contributed by atoms with Crippen molar-refractivity contribution < 1.29 is 9.84 Å². The predicted molar refractivity (Wildman–Crippen MR) is 75.2 cm³/mol. The average Bonchev–Trinajstić information content (AvgIpc) is 2.31. The summed E-state index contributed by atoms with van der Waals surface area (Å²) < 4.78 is 5.55. The Balaban J connectivity index is 3.12. The Kier molecular flexibility index (Phi) is 14.1. The van der Waals surface area contributed by atoms with Gasteiger partial charge in [-0.15, -0.1) is 0 Å². The highest BCUT2D eigenvalue weighted by molar-refractivity contribution is 8.76. The van der Waals surface area contributed by atoms with Crippen LogP contribution in [0.5, 0.6) is 0 Å². The first-order valence-corrected chi connectivity index (χ1v) is 8.49. The van der Waals surface area contributed by atoms with E-state index in [-0.39, 0.29) is 6.61 Å². The highest BCUT2D eigenvalue weighted by atomic mass is 33.1. The number of nitrogens with zero attached hydrogens (tertiary/aromatic N) is 1. The summed E-state index contributed by atoms with van der Waals surface area (Å²) in [7, 11) is 3.48. The third kappa shape index (κ3) is 11.1. The van der Waals surface area contributed by atoms with Gasteiger partial charge in [-0.3, -0.25) is 0 Å². The molecule has 0 aliphatic rings. The molecule has 0 heterocycles. The summed E-state index contributed by atoms with van der Waals surface area (Å²) in [5.41, 5.74) is 0. The van der Waals surface area contributed by atoms with Gasteiger partial charge in [-0.25, -0.2) is 0 Å². The van der Waals surface area contributed by atoms with Gasteiger partial charge in [0.15, 0.2) is 0 Å². The topological polar surface area (TPSA) is 32.7 Å². The summed E-state index contributed by atoms with van der Waals surface area (Å²) in [5.74, 6) is 1.81. The van der Waals surface area contributed by atoms with Crippen molar-refractivity contribution in [3.8, 4) is 0 Å². The van der Waals surface area contributed by atoms with Gasteiger partial charge in [-0.2, -0.15) is 0 Å². The molecule has 0 spiro atoms. The van der Waals surface area contributed by atoms with Crippen molar-refractivity contribution in [3.05, 3.63) is 0 Å². The molecule has 0 saturated carbocycles. The zero-order valence-electron chi connectivity index (χ0n) is 10.5. The van der Waals surface area contributed by atoms with E-state index in [9.17, 15) is 0 Å². The zero-order chi connectivity index (χ0) is 12.1. The van der Waals surface area contributed by atoms with Crippen molar-refractivity contribution in [2.24, 2.45) is 0 Å². The van der Waals surface area contributed by atoms with Crippen molar-refractivity contribution in [1.82, 2.24) is 4.90 Å². The van der Waals surface area contributed by atoms with Crippen LogP contribution >= 0.6 is 21.6 Å². The average molecular weight is 267 g/mol. The first kappa shape index (κ1) is 16.6.